The Kier molecular flexibility index (Phi) is 7.62. The molecule has 2 amide bonds. The van der Waals surface area contributed by atoms with Crippen LogP contribution in [0.1, 0.15) is 62.3 Å². The highest BCUT2D eigenvalue weighted by molar-refractivity contribution is 6.11. The Morgan fingerprint density at radius 2 is 1.84 bits per heavy atom. The van der Waals surface area contributed by atoms with Gasteiger partial charge in [0.1, 0.15) is 5.60 Å². The number of nitrogens with zero attached hydrogens (tertiary/aromatic N) is 5. The molecular weight excluding hydrogens is 484 g/mol. The topological polar surface area (TPSA) is 102 Å². The van der Waals surface area contributed by atoms with E-state index in [-0.39, 0.29) is 18.2 Å². The van der Waals surface area contributed by atoms with Crippen molar-refractivity contribution in [2.24, 2.45) is 0 Å². The van der Waals surface area contributed by atoms with Crippen molar-refractivity contribution in [2.45, 2.75) is 58.4 Å². The van der Waals surface area contributed by atoms with Gasteiger partial charge >= 0.3 is 6.09 Å². The minimum atomic E-state index is -0.502. The lowest BCUT2D eigenvalue weighted by Crippen LogP contribution is -2.49. The average molecular weight is 521 g/mol. The number of ether oxygens (including phenoxy) is 2. The van der Waals surface area contributed by atoms with Crippen molar-refractivity contribution in [2.75, 3.05) is 38.1 Å². The van der Waals surface area contributed by atoms with Gasteiger partial charge in [0.2, 0.25) is 0 Å². The summed E-state index contributed by atoms with van der Waals surface area (Å²) in [5, 5.41) is 8.49. The molecule has 10 nitrogen and oxygen atoms in total. The minimum Gasteiger partial charge on any atom is -0.444 e. The van der Waals surface area contributed by atoms with E-state index in [2.05, 4.69) is 27.3 Å². The second-order valence-electron chi connectivity index (χ2n) is 10.9. The normalized spacial score (nSPS) is 18.9. The van der Waals surface area contributed by atoms with Gasteiger partial charge < -0.3 is 19.7 Å². The van der Waals surface area contributed by atoms with Gasteiger partial charge in [0.15, 0.2) is 11.9 Å². The maximum absolute atomic E-state index is 13.3. The molecule has 0 saturated carbocycles. The molecule has 0 bridgehead atoms. The summed E-state index contributed by atoms with van der Waals surface area (Å²) in [4.78, 5) is 33.8. The number of rotatable bonds is 5. The van der Waals surface area contributed by atoms with E-state index in [0.29, 0.717) is 37.6 Å². The number of carbonyl (C=O) groups excluding carboxylic acids is 2. The van der Waals surface area contributed by atoms with Crippen LogP contribution in [0.25, 0.3) is 10.9 Å². The molecule has 1 aromatic carbocycles. The van der Waals surface area contributed by atoms with Crippen LogP contribution in [0.2, 0.25) is 0 Å². The summed E-state index contributed by atoms with van der Waals surface area (Å²) in [5.74, 6) is -0.265. The number of aromatic nitrogens is 3. The van der Waals surface area contributed by atoms with E-state index in [0.717, 1.165) is 48.8 Å². The van der Waals surface area contributed by atoms with Gasteiger partial charge in [-0.1, -0.05) is 6.07 Å². The highest BCUT2D eigenvalue weighted by Gasteiger charge is 2.27. The lowest BCUT2D eigenvalue weighted by atomic mass is 10.1. The van der Waals surface area contributed by atoms with Crippen LogP contribution < -0.4 is 5.32 Å². The standard InChI is InChI=1S/C28H36N6O4/c1-28(2,3)38-27(36)33-15-13-32(14-16-33)19-20-7-8-23-22(18-20)25(26(35)30-21-9-11-29-12-10-21)31-34(23)24-6-4-5-17-37-24/h7-12,18,24H,4-6,13-17,19H2,1-3H3,(H,29,30,35). The van der Waals surface area contributed by atoms with Crippen molar-refractivity contribution in [3.8, 4) is 0 Å². The Labute approximate surface area is 222 Å². The molecule has 1 atom stereocenters. The number of piperazine rings is 1. The van der Waals surface area contributed by atoms with Crippen molar-refractivity contribution in [3.63, 3.8) is 0 Å². The van der Waals surface area contributed by atoms with E-state index < -0.39 is 5.60 Å². The lowest BCUT2D eigenvalue weighted by molar-refractivity contribution is -0.0367. The molecule has 2 aliphatic rings. The molecule has 38 heavy (non-hydrogen) atoms. The Hall–Kier alpha value is -3.50. The summed E-state index contributed by atoms with van der Waals surface area (Å²) in [6, 6.07) is 9.70. The first-order valence-electron chi connectivity index (χ1n) is 13.3. The SMILES string of the molecule is CC(C)(C)OC(=O)N1CCN(Cc2ccc3c(c2)c(C(=O)Nc2ccncc2)nn3C2CCCCO2)CC1. The van der Waals surface area contributed by atoms with Crippen LogP contribution in [-0.4, -0.2) is 75.0 Å². The zero-order valence-corrected chi connectivity index (χ0v) is 22.4. The molecule has 0 aliphatic carbocycles. The van der Waals surface area contributed by atoms with Crippen molar-refractivity contribution in [1.82, 2.24) is 24.6 Å². The van der Waals surface area contributed by atoms with Crippen LogP contribution in [0.15, 0.2) is 42.7 Å². The first kappa shape index (κ1) is 26.1. The fourth-order valence-corrected chi connectivity index (χ4v) is 4.89. The van der Waals surface area contributed by atoms with Crippen LogP contribution in [0.4, 0.5) is 10.5 Å². The predicted octanol–water partition coefficient (Wildman–Crippen LogP) is 4.44. The van der Waals surface area contributed by atoms with E-state index in [1.54, 1.807) is 29.4 Å². The van der Waals surface area contributed by atoms with Crippen molar-refractivity contribution < 1.29 is 19.1 Å². The van der Waals surface area contributed by atoms with Crippen LogP contribution >= 0.6 is 0 Å². The summed E-state index contributed by atoms with van der Waals surface area (Å²) in [6.07, 6.45) is 5.81. The van der Waals surface area contributed by atoms with Gasteiger partial charge in [-0.25, -0.2) is 9.48 Å². The molecule has 202 valence electrons. The Morgan fingerprint density at radius 1 is 1.08 bits per heavy atom. The first-order chi connectivity index (χ1) is 18.3. The van der Waals surface area contributed by atoms with Crippen LogP contribution in [0.3, 0.4) is 0 Å². The maximum atomic E-state index is 13.3. The van der Waals surface area contributed by atoms with Crippen LogP contribution in [0, 0.1) is 0 Å². The Balaban J connectivity index is 1.34. The highest BCUT2D eigenvalue weighted by Crippen LogP contribution is 2.29. The first-order valence-corrected chi connectivity index (χ1v) is 13.3. The molecule has 10 heteroatoms. The number of pyridine rings is 1. The second kappa shape index (κ2) is 11.1. The number of hydrogen-bond acceptors (Lipinski definition) is 7. The second-order valence-corrected chi connectivity index (χ2v) is 10.9. The fourth-order valence-electron chi connectivity index (χ4n) is 4.89. The van der Waals surface area contributed by atoms with Crippen molar-refractivity contribution in [1.29, 1.82) is 0 Å². The number of nitrogens with one attached hydrogen (secondary N) is 1. The van der Waals surface area contributed by atoms with Crippen molar-refractivity contribution in [3.05, 3.63) is 54.0 Å². The van der Waals surface area contributed by atoms with E-state index in [1.807, 2.05) is 31.5 Å². The number of carbonyl (C=O) groups is 2. The summed E-state index contributed by atoms with van der Waals surface area (Å²) >= 11 is 0. The number of hydrogen-bond donors (Lipinski definition) is 1. The van der Waals surface area contributed by atoms with Crippen LogP contribution in [-0.2, 0) is 16.0 Å². The maximum Gasteiger partial charge on any atom is 0.410 e. The zero-order valence-electron chi connectivity index (χ0n) is 22.4. The number of amides is 2. The van der Waals surface area contributed by atoms with Gasteiger partial charge in [-0.05, 0) is 69.9 Å². The van der Waals surface area contributed by atoms with E-state index in [9.17, 15) is 9.59 Å². The van der Waals surface area contributed by atoms with E-state index >= 15 is 0 Å². The molecular formula is C28H36N6O4. The molecule has 1 unspecified atom stereocenters. The molecule has 2 aliphatic heterocycles. The van der Waals surface area contributed by atoms with Gasteiger partial charge in [-0.2, -0.15) is 5.10 Å². The van der Waals surface area contributed by atoms with Gasteiger partial charge in [0, 0.05) is 62.8 Å². The molecule has 1 N–H and O–H groups in total. The molecule has 5 rings (SSSR count). The third-order valence-corrected chi connectivity index (χ3v) is 6.78. The number of fused-ring (bicyclic) bond motifs is 1. The van der Waals surface area contributed by atoms with Gasteiger partial charge in [0.25, 0.3) is 5.91 Å². The summed E-state index contributed by atoms with van der Waals surface area (Å²) in [7, 11) is 0. The highest BCUT2D eigenvalue weighted by atomic mass is 16.6. The molecule has 0 radical (unpaired) electrons. The molecule has 2 aromatic heterocycles. The molecule has 4 heterocycles. The minimum absolute atomic E-state index is 0.180. The van der Waals surface area contributed by atoms with Gasteiger partial charge in [-0.3, -0.25) is 14.7 Å². The van der Waals surface area contributed by atoms with E-state index in [1.165, 1.54) is 0 Å². The number of benzene rings is 1. The predicted molar refractivity (Wildman–Crippen MR) is 144 cm³/mol. The smallest absolute Gasteiger partial charge is 0.410 e. The molecule has 0 spiro atoms. The summed E-state index contributed by atoms with van der Waals surface area (Å²) in [6.45, 7) is 9.79. The summed E-state index contributed by atoms with van der Waals surface area (Å²) < 4.78 is 13.4. The largest absolute Gasteiger partial charge is 0.444 e. The number of anilines is 1. The van der Waals surface area contributed by atoms with E-state index in [4.69, 9.17) is 14.6 Å². The zero-order chi connectivity index (χ0) is 26.7. The molecule has 3 aromatic rings. The monoisotopic (exact) mass is 520 g/mol. The van der Waals surface area contributed by atoms with Gasteiger partial charge in [0.05, 0.1) is 5.52 Å². The molecule has 2 saturated heterocycles. The van der Waals surface area contributed by atoms with Crippen molar-refractivity contribution >= 4 is 28.6 Å². The third kappa shape index (κ3) is 6.14. The summed E-state index contributed by atoms with van der Waals surface area (Å²) in [5.41, 5.74) is 2.52. The molecule has 2 fully saturated rings. The Morgan fingerprint density at radius 3 is 2.53 bits per heavy atom. The third-order valence-electron chi connectivity index (χ3n) is 6.78. The van der Waals surface area contributed by atoms with Crippen LogP contribution in [0.5, 0.6) is 0 Å². The quantitative estimate of drug-likeness (QED) is 0.531. The van der Waals surface area contributed by atoms with Gasteiger partial charge in [-0.15, -0.1) is 0 Å². The average Bonchev–Trinajstić information content (AvgIpc) is 3.28. The lowest BCUT2D eigenvalue weighted by Gasteiger charge is -2.35. The Bertz CT molecular complexity index is 1270. The fraction of sp³-hybridized carbons (Fsp3) is 0.500.